The number of esters is 1. The summed E-state index contributed by atoms with van der Waals surface area (Å²) >= 11 is 0. The SMILES string of the molecule is COC(=O)c1cc([C@@H](O)C[N+](C)(C)C)ccc1OCc1ccccc1.[I-]. The minimum absolute atomic E-state index is 0. The summed E-state index contributed by atoms with van der Waals surface area (Å²) in [6.45, 7) is 0.885. The number of hydrogen-bond acceptors (Lipinski definition) is 4. The van der Waals surface area contributed by atoms with E-state index in [1.54, 1.807) is 18.2 Å². The second kappa shape index (κ2) is 9.89. The molecule has 1 atom stereocenters. The fraction of sp³-hybridized carbons (Fsp3) is 0.350. The van der Waals surface area contributed by atoms with Crippen molar-refractivity contribution in [2.75, 3.05) is 34.8 Å². The molecule has 0 saturated heterocycles. The second-order valence-electron chi connectivity index (χ2n) is 7.01. The number of nitrogens with zero attached hydrogens (tertiary/aromatic N) is 1. The van der Waals surface area contributed by atoms with Crippen molar-refractivity contribution in [2.45, 2.75) is 12.7 Å². The predicted octanol–water partition coefficient (Wildman–Crippen LogP) is -0.204. The Labute approximate surface area is 172 Å². The van der Waals surface area contributed by atoms with E-state index in [1.807, 2.05) is 51.5 Å². The summed E-state index contributed by atoms with van der Waals surface area (Å²) in [6, 6.07) is 14.9. The van der Waals surface area contributed by atoms with Gasteiger partial charge in [0.15, 0.2) is 0 Å². The van der Waals surface area contributed by atoms with Gasteiger partial charge in [0, 0.05) is 0 Å². The van der Waals surface area contributed by atoms with Crippen LogP contribution in [-0.4, -0.2) is 50.4 Å². The number of aliphatic hydroxyl groups excluding tert-OH is 1. The van der Waals surface area contributed by atoms with Crippen LogP contribution in [0.5, 0.6) is 5.75 Å². The van der Waals surface area contributed by atoms with Crippen molar-refractivity contribution in [1.29, 1.82) is 0 Å². The van der Waals surface area contributed by atoms with Crippen LogP contribution in [0.2, 0.25) is 0 Å². The molecule has 0 fully saturated rings. The highest BCUT2D eigenvalue weighted by molar-refractivity contribution is 5.92. The first-order valence-electron chi connectivity index (χ1n) is 8.17. The van der Waals surface area contributed by atoms with Crippen LogP contribution in [0, 0.1) is 0 Å². The van der Waals surface area contributed by atoms with E-state index in [0.29, 0.717) is 34.5 Å². The smallest absolute Gasteiger partial charge is 0.341 e. The fourth-order valence-electron chi connectivity index (χ4n) is 2.51. The lowest BCUT2D eigenvalue weighted by atomic mass is 10.0. The molecule has 26 heavy (non-hydrogen) atoms. The van der Waals surface area contributed by atoms with Crippen molar-refractivity contribution < 1.29 is 47.8 Å². The number of benzene rings is 2. The number of halogens is 1. The van der Waals surface area contributed by atoms with E-state index >= 15 is 0 Å². The van der Waals surface area contributed by atoms with Crippen molar-refractivity contribution >= 4 is 5.97 Å². The molecule has 5 nitrogen and oxygen atoms in total. The normalized spacial score (nSPS) is 12.0. The molecule has 0 amide bonds. The molecule has 0 aliphatic carbocycles. The van der Waals surface area contributed by atoms with Crippen LogP contribution in [0.15, 0.2) is 48.5 Å². The maximum atomic E-state index is 12.1. The number of aliphatic hydroxyl groups is 1. The molecule has 0 unspecified atom stereocenters. The summed E-state index contributed by atoms with van der Waals surface area (Å²) in [5, 5.41) is 10.4. The van der Waals surface area contributed by atoms with E-state index in [-0.39, 0.29) is 24.0 Å². The largest absolute Gasteiger partial charge is 1.00 e. The zero-order valence-electron chi connectivity index (χ0n) is 15.6. The van der Waals surface area contributed by atoms with Crippen LogP contribution in [-0.2, 0) is 11.3 Å². The van der Waals surface area contributed by atoms with Gasteiger partial charge in [-0.1, -0.05) is 36.4 Å². The molecule has 142 valence electrons. The summed E-state index contributed by atoms with van der Waals surface area (Å²) in [4.78, 5) is 12.1. The third-order valence-electron chi connectivity index (χ3n) is 3.75. The Morgan fingerprint density at radius 1 is 1.12 bits per heavy atom. The van der Waals surface area contributed by atoms with Gasteiger partial charge in [0.2, 0.25) is 0 Å². The Kier molecular flexibility index (Phi) is 8.52. The first kappa shape index (κ1) is 22.4. The number of carbonyl (C=O) groups excluding carboxylic acids is 1. The van der Waals surface area contributed by atoms with E-state index in [1.165, 1.54) is 7.11 Å². The third-order valence-corrected chi connectivity index (χ3v) is 3.75. The maximum Gasteiger partial charge on any atom is 0.341 e. The summed E-state index contributed by atoms with van der Waals surface area (Å²) < 4.78 is 11.3. The van der Waals surface area contributed by atoms with Gasteiger partial charge in [0.25, 0.3) is 0 Å². The van der Waals surface area contributed by atoms with E-state index in [9.17, 15) is 9.90 Å². The number of hydrogen-bond donors (Lipinski definition) is 1. The van der Waals surface area contributed by atoms with Crippen molar-refractivity contribution in [1.82, 2.24) is 0 Å². The molecule has 0 radical (unpaired) electrons. The highest BCUT2D eigenvalue weighted by Gasteiger charge is 2.21. The molecule has 2 rings (SSSR count). The monoisotopic (exact) mass is 471 g/mol. The molecule has 0 saturated carbocycles. The van der Waals surface area contributed by atoms with Gasteiger partial charge in [-0.25, -0.2) is 4.79 Å². The van der Waals surface area contributed by atoms with E-state index in [4.69, 9.17) is 9.47 Å². The highest BCUT2D eigenvalue weighted by Crippen LogP contribution is 2.26. The number of likely N-dealkylation sites (N-methyl/N-ethyl adjacent to an activating group) is 1. The molecular weight excluding hydrogens is 445 g/mol. The van der Waals surface area contributed by atoms with Gasteiger partial charge < -0.3 is 43.0 Å². The first-order chi connectivity index (χ1) is 11.8. The molecule has 0 aliphatic rings. The van der Waals surface area contributed by atoms with Gasteiger partial charge in [-0.15, -0.1) is 0 Å². The van der Waals surface area contributed by atoms with Crippen molar-refractivity contribution in [3.63, 3.8) is 0 Å². The first-order valence-corrected chi connectivity index (χ1v) is 8.17. The number of rotatable bonds is 7. The minimum atomic E-state index is -0.674. The zero-order valence-corrected chi connectivity index (χ0v) is 17.8. The molecule has 2 aromatic rings. The molecule has 0 heterocycles. The van der Waals surface area contributed by atoms with Crippen LogP contribution >= 0.6 is 0 Å². The Balaban J connectivity index is 0.00000338. The van der Waals surface area contributed by atoms with Gasteiger partial charge in [0.05, 0.1) is 28.3 Å². The molecule has 1 N–H and O–H groups in total. The average Bonchev–Trinajstić information content (AvgIpc) is 2.58. The number of quaternary nitrogens is 1. The summed E-state index contributed by atoms with van der Waals surface area (Å²) in [5.74, 6) is -0.0424. The topological polar surface area (TPSA) is 55.8 Å². The minimum Gasteiger partial charge on any atom is -1.00 e. The standard InChI is InChI=1S/C20H26NO4.HI/c1-21(2,3)13-18(22)16-10-11-19(17(12-16)20(23)24-4)25-14-15-8-6-5-7-9-15;/h5-12,18,22H,13-14H2,1-4H3;1H/q+1;/p-1/t18-;/m0./s1. The molecule has 0 spiro atoms. The molecule has 0 aliphatic heterocycles. The van der Waals surface area contributed by atoms with Crippen LogP contribution < -0.4 is 28.7 Å². The number of carbonyl (C=O) groups is 1. The molecule has 6 heteroatoms. The van der Waals surface area contributed by atoms with Gasteiger partial charge in [-0.3, -0.25) is 0 Å². The van der Waals surface area contributed by atoms with Crippen molar-refractivity contribution in [3.05, 3.63) is 65.2 Å². The van der Waals surface area contributed by atoms with E-state index < -0.39 is 12.1 Å². The van der Waals surface area contributed by atoms with E-state index in [2.05, 4.69) is 0 Å². The Hall–Kier alpha value is -1.64. The van der Waals surface area contributed by atoms with Gasteiger partial charge >= 0.3 is 5.97 Å². The van der Waals surface area contributed by atoms with Crippen LogP contribution in [0.25, 0.3) is 0 Å². The van der Waals surface area contributed by atoms with Crippen molar-refractivity contribution in [2.24, 2.45) is 0 Å². The molecule has 2 aromatic carbocycles. The highest BCUT2D eigenvalue weighted by atomic mass is 127. The van der Waals surface area contributed by atoms with Crippen LogP contribution in [0.3, 0.4) is 0 Å². The third kappa shape index (κ3) is 6.59. The molecule has 0 bridgehead atoms. The quantitative estimate of drug-likeness (QED) is 0.345. The second-order valence-corrected chi connectivity index (χ2v) is 7.01. The summed E-state index contributed by atoms with van der Waals surface area (Å²) in [5.41, 5.74) is 1.99. The lowest BCUT2D eigenvalue weighted by Gasteiger charge is -2.27. The average molecular weight is 471 g/mol. The summed E-state index contributed by atoms with van der Waals surface area (Å²) in [7, 11) is 7.34. The Morgan fingerprint density at radius 3 is 2.35 bits per heavy atom. The van der Waals surface area contributed by atoms with Crippen LogP contribution in [0.4, 0.5) is 0 Å². The lowest BCUT2D eigenvalue weighted by molar-refractivity contribution is -0.874. The lowest BCUT2D eigenvalue weighted by Crippen LogP contribution is -3.00. The van der Waals surface area contributed by atoms with Crippen molar-refractivity contribution in [3.8, 4) is 5.75 Å². The fourth-order valence-corrected chi connectivity index (χ4v) is 2.51. The molecular formula is C20H26INO4. The summed E-state index contributed by atoms with van der Waals surface area (Å²) in [6.07, 6.45) is -0.674. The van der Waals surface area contributed by atoms with Gasteiger partial charge in [-0.05, 0) is 23.3 Å². The zero-order chi connectivity index (χ0) is 18.4. The Bertz CT molecular complexity index is 713. The van der Waals surface area contributed by atoms with E-state index in [0.717, 1.165) is 5.56 Å². The maximum absolute atomic E-state index is 12.1. The Morgan fingerprint density at radius 2 is 1.77 bits per heavy atom. The number of ether oxygens (including phenoxy) is 2. The predicted molar refractivity (Wildman–Crippen MR) is 96.4 cm³/mol. The van der Waals surface area contributed by atoms with Gasteiger partial charge in [0.1, 0.15) is 30.6 Å². The number of methoxy groups -OCH3 is 1. The van der Waals surface area contributed by atoms with Crippen LogP contribution in [0.1, 0.15) is 27.6 Å². The molecule has 0 aromatic heterocycles. The van der Waals surface area contributed by atoms with Gasteiger partial charge in [-0.2, -0.15) is 0 Å².